The van der Waals surface area contributed by atoms with Crippen molar-refractivity contribution in [1.82, 2.24) is 0 Å². The highest BCUT2D eigenvalue weighted by molar-refractivity contribution is 5.26. The fourth-order valence-corrected chi connectivity index (χ4v) is 6.14. The molecular weight excluding hydrogens is 312 g/mol. The molecular formula is C18H32O6. The minimum atomic E-state index is -1.82. The molecule has 2 aliphatic carbocycles. The van der Waals surface area contributed by atoms with Crippen molar-refractivity contribution < 1.29 is 29.9 Å². The second-order valence-corrected chi connectivity index (χ2v) is 9.46. The Balaban J connectivity index is 2.29. The summed E-state index contributed by atoms with van der Waals surface area (Å²) in [7, 11) is 0. The Bertz CT molecular complexity index is 530. The minimum absolute atomic E-state index is 0.292. The molecule has 2 saturated carbocycles. The number of aliphatic hydroxyl groups excluding tert-OH is 3. The van der Waals surface area contributed by atoms with Crippen LogP contribution in [0, 0.1) is 16.7 Å². The van der Waals surface area contributed by atoms with Gasteiger partial charge in [0, 0.05) is 11.3 Å². The van der Waals surface area contributed by atoms with Crippen LogP contribution in [0.2, 0.25) is 0 Å². The summed E-state index contributed by atoms with van der Waals surface area (Å²) in [5, 5.41) is 43.3. The van der Waals surface area contributed by atoms with Gasteiger partial charge in [0.25, 0.3) is 0 Å². The second kappa shape index (κ2) is 4.93. The molecule has 0 bridgehead atoms. The van der Waals surface area contributed by atoms with E-state index in [1.807, 2.05) is 6.92 Å². The standard InChI is InChI=1S/C18H32O6/c1-14(2)8-7-10-16(5)12(14)11(20)13(21)17(6,22)18(16,9-19)24-15(3,4)23-10/h10-13,19-22H,7-9H2,1-6H3/t10-,11-,12-,13-,16-,17+,18-/m0/s1. The summed E-state index contributed by atoms with van der Waals surface area (Å²) >= 11 is 0. The van der Waals surface area contributed by atoms with Crippen LogP contribution in [0.1, 0.15) is 54.4 Å². The van der Waals surface area contributed by atoms with Crippen molar-refractivity contribution in [3.8, 4) is 0 Å². The molecule has 7 atom stereocenters. The molecule has 0 aromatic rings. The van der Waals surface area contributed by atoms with Crippen LogP contribution in [-0.4, -0.2) is 62.3 Å². The summed E-state index contributed by atoms with van der Waals surface area (Å²) in [6.45, 7) is 10.5. The van der Waals surface area contributed by atoms with Gasteiger partial charge in [-0.25, -0.2) is 0 Å². The Morgan fingerprint density at radius 1 is 1.04 bits per heavy atom. The Kier molecular flexibility index (Phi) is 3.81. The zero-order valence-electron chi connectivity index (χ0n) is 15.5. The maximum atomic E-state index is 11.2. The number of hydrogen-bond donors (Lipinski definition) is 4. The third-order valence-electron chi connectivity index (χ3n) is 7.21. The highest BCUT2D eigenvalue weighted by Gasteiger charge is 2.79. The third kappa shape index (κ3) is 1.93. The molecule has 0 unspecified atom stereocenters. The van der Waals surface area contributed by atoms with Gasteiger partial charge in [0.15, 0.2) is 5.79 Å². The van der Waals surface area contributed by atoms with Crippen molar-refractivity contribution in [3.05, 3.63) is 0 Å². The molecule has 0 radical (unpaired) electrons. The predicted octanol–water partition coefficient (Wildman–Crippen LogP) is 0.798. The molecule has 1 heterocycles. The van der Waals surface area contributed by atoms with Gasteiger partial charge in [-0.2, -0.15) is 0 Å². The van der Waals surface area contributed by atoms with Gasteiger partial charge in [-0.3, -0.25) is 0 Å². The first kappa shape index (κ1) is 18.5. The molecule has 0 aromatic heterocycles. The maximum Gasteiger partial charge on any atom is 0.164 e. The molecule has 3 fully saturated rings. The Morgan fingerprint density at radius 2 is 1.62 bits per heavy atom. The van der Waals surface area contributed by atoms with Crippen LogP contribution in [0.4, 0.5) is 0 Å². The van der Waals surface area contributed by atoms with Crippen LogP contribution >= 0.6 is 0 Å². The highest BCUT2D eigenvalue weighted by atomic mass is 16.7. The molecule has 24 heavy (non-hydrogen) atoms. The van der Waals surface area contributed by atoms with Crippen molar-refractivity contribution in [3.63, 3.8) is 0 Å². The molecule has 0 spiro atoms. The van der Waals surface area contributed by atoms with Crippen molar-refractivity contribution in [2.75, 3.05) is 6.61 Å². The highest BCUT2D eigenvalue weighted by Crippen LogP contribution is 2.67. The first-order valence-electron chi connectivity index (χ1n) is 8.84. The van der Waals surface area contributed by atoms with Crippen LogP contribution < -0.4 is 0 Å². The van der Waals surface area contributed by atoms with E-state index in [1.165, 1.54) is 6.92 Å². The summed E-state index contributed by atoms with van der Waals surface area (Å²) in [6.07, 6.45) is -1.28. The first-order valence-corrected chi connectivity index (χ1v) is 8.84. The van der Waals surface area contributed by atoms with Crippen molar-refractivity contribution in [2.24, 2.45) is 16.7 Å². The van der Waals surface area contributed by atoms with Gasteiger partial charge >= 0.3 is 0 Å². The van der Waals surface area contributed by atoms with Crippen LogP contribution in [0.5, 0.6) is 0 Å². The summed E-state index contributed by atoms with van der Waals surface area (Å²) in [5.41, 5.74) is -4.40. The van der Waals surface area contributed by atoms with Crippen LogP contribution in [0.25, 0.3) is 0 Å². The summed E-state index contributed by atoms with van der Waals surface area (Å²) in [5.74, 6) is -1.40. The monoisotopic (exact) mass is 344 g/mol. The molecule has 6 heteroatoms. The van der Waals surface area contributed by atoms with E-state index >= 15 is 0 Å². The predicted molar refractivity (Wildman–Crippen MR) is 87.1 cm³/mol. The molecule has 3 aliphatic rings. The summed E-state index contributed by atoms with van der Waals surface area (Å²) in [6, 6.07) is 0. The number of hydrogen-bond acceptors (Lipinski definition) is 6. The molecule has 3 rings (SSSR count). The van der Waals surface area contributed by atoms with E-state index in [-0.39, 0.29) is 17.4 Å². The largest absolute Gasteiger partial charge is 0.393 e. The molecule has 4 N–H and O–H groups in total. The topological polar surface area (TPSA) is 99.4 Å². The number of aliphatic hydroxyl groups is 4. The second-order valence-electron chi connectivity index (χ2n) is 9.46. The lowest BCUT2D eigenvalue weighted by molar-refractivity contribution is -0.467. The van der Waals surface area contributed by atoms with E-state index in [0.717, 1.165) is 12.8 Å². The lowest BCUT2D eigenvalue weighted by atomic mass is 9.41. The Hall–Kier alpha value is -0.240. The zero-order chi connectivity index (χ0) is 18.3. The lowest BCUT2D eigenvalue weighted by Gasteiger charge is -2.73. The van der Waals surface area contributed by atoms with Gasteiger partial charge in [-0.1, -0.05) is 20.8 Å². The molecule has 1 saturated heterocycles. The van der Waals surface area contributed by atoms with Gasteiger partial charge in [-0.05, 0) is 39.0 Å². The van der Waals surface area contributed by atoms with Gasteiger partial charge in [0.2, 0.25) is 0 Å². The SMILES string of the molecule is CC1(C)O[C@H]2CCC(C)(C)[C@@H]3[C@H](O)[C@H](O)[C@@](C)(O)[C@@](CO)(O1)[C@@]23C. The maximum absolute atomic E-state index is 11.2. The minimum Gasteiger partial charge on any atom is -0.393 e. The summed E-state index contributed by atoms with van der Waals surface area (Å²) < 4.78 is 12.4. The fraction of sp³-hybridized carbons (Fsp3) is 1.00. The lowest BCUT2D eigenvalue weighted by Crippen LogP contribution is -2.86. The van der Waals surface area contributed by atoms with Crippen molar-refractivity contribution in [2.45, 2.75) is 89.7 Å². The average Bonchev–Trinajstić information content (AvgIpc) is 2.44. The fourth-order valence-electron chi connectivity index (χ4n) is 6.14. The molecule has 1 aliphatic heterocycles. The Labute approximate surface area is 143 Å². The van der Waals surface area contributed by atoms with E-state index in [0.29, 0.717) is 0 Å². The quantitative estimate of drug-likeness (QED) is 0.561. The van der Waals surface area contributed by atoms with E-state index in [9.17, 15) is 20.4 Å². The van der Waals surface area contributed by atoms with E-state index in [2.05, 4.69) is 13.8 Å². The molecule has 140 valence electrons. The van der Waals surface area contributed by atoms with Gasteiger partial charge < -0.3 is 29.9 Å². The molecule has 6 nitrogen and oxygen atoms in total. The number of ether oxygens (including phenoxy) is 2. The van der Waals surface area contributed by atoms with Gasteiger partial charge in [0.1, 0.15) is 17.3 Å². The van der Waals surface area contributed by atoms with Crippen molar-refractivity contribution >= 4 is 0 Å². The van der Waals surface area contributed by atoms with Crippen molar-refractivity contribution in [1.29, 1.82) is 0 Å². The van der Waals surface area contributed by atoms with Gasteiger partial charge in [-0.15, -0.1) is 0 Å². The third-order valence-corrected chi connectivity index (χ3v) is 7.21. The normalized spacial score (nSPS) is 55.8. The molecule has 0 aromatic carbocycles. The smallest absolute Gasteiger partial charge is 0.164 e. The van der Waals surface area contributed by atoms with E-state index in [4.69, 9.17) is 9.47 Å². The van der Waals surface area contributed by atoms with Gasteiger partial charge in [0.05, 0.1) is 18.8 Å². The van der Waals surface area contributed by atoms with Crippen LogP contribution in [-0.2, 0) is 9.47 Å². The average molecular weight is 344 g/mol. The Morgan fingerprint density at radius 3 is 2.17 bits per heavy atom. The first-order chi connectivity index (χ1) is 10.8. The van der Waals surface area contributed by atoms with Crippen LogP contribution in [0.15, 0.2) is 0 Å². The van der Waals surface area contributed by atoms with Crippen LogP contribution in [0.3, 0.4) is 0 Å². The summed E-state index contributed by atoms with van der Waals surface area (Å²) in [4.78, 5) is 0. The molecule has 0 amide bonds. The zero-order valence-corrected chi connectivity index (χ0v) is 15.5. The van der Waals surface area contributed by atoms with E-state index in [1.54, 1.807) is 13.8 Å². The number of rotatable bonds is 1. The van der Waals surface area contributed by atoms with E-state index < -0.39 is 41.2 Å².